The SMILES string of the molecule is CNc1cccc(-c2cnc3[nH]cc(-c4ccnc(OC)c4)c3c2)c1. The summed E-state index contributed by atoms with van der Waals surface area (Å²) in [6.07, 6.45) is 5.62. The van der Waals surface area contributed by atoms with Crippen molar-refractivity contribution in [2.45, 2.75) is 0 Å². The van der Waals surface area contributed by atoms with Gasteiger partial charge in [-0.15, -0.1) is 0 Å². The Bertz CT molecular complexity index is 1040. The van der Waals surface area contributed by atoms with Gasteiger partial charge in [0, 0.05) is 53.9 Å². The van der Waals surface area contributed by atoms with Crippen molar-refractivity contribution in [3.8, 4) is 28.1 Å². The second-order valence-corrected chi connectivity index (χ2v) is 5.74. The zero-order valence-corrected chi connectivity index (χ0v) is 14.1. The van der Waals surface area contributed by atoms with Crippen LogP contribution in [0.1, 0.15) is 0 Å². The number of aromatic nitrogens is 3. The standard InChI is InChI=1S/C20H18N4O/c1-21-16-5-3-4-13(8-16)15-9-17-18(12-24-20(17)23-11-15)14-6-7-22-19(10-14)25-2/h3-12,21H,1-2H3,(H,23,24). The number of benzene rings is 1. The number of hydrogen-bond acceptors (Lipinski definition) is 4. The van der Waals surface area contributed by atoms with Gasteiger partial charge >= 0.3 is 0 Å². The summed E-state index contributed by atoms with van der Waals surface area (Å²) in [6, 6.07) is 14.3. The Balaban J connectivity index is 1.84. The number of nitrogens with zero attached hydrogens (tertiary/aromatic N) is 2. The molecule has 25 heavy (non-hydrogen) atoms. The van der Waals surface area contributed by atoms with E-state index in [-0.39, 0.29) is 0 Å². The molecule has 0 fully saturated rings. The molecule has 5 heteroatoms. The predicted molar refractivity (Wildman–Crippen MR) is 101 cm³/mol. The van der Waals surface area contributed by atoms with Crippen LogP contribution < -0.4 is 10.1 Å². The Morgan fingerprint density at radius 1 is 1.00 bits per heavy atom. The molecule has 3 aromatic heterocycles. The van der Waals surface area contributed by atoms with E-state index in [4.69, 9.17) is 4.74 Å². The van der Waals surface area contributed by atoms with Gasteiger partial charge in [-0.3, -0.25) is 0 Å². The van der Waals surface area contributed by atoms with E-state index in [1.807, 2.05) is 43.7 Å². The summed E-state index contributed by atoms with van der Waals surface area (Å²) in [5, 5.41) is 4.24. The Morgan fingerprint density at radius 2 is 1.92 bits per heavy atom. The number of hydrogen-bond donors (Lipinski definition) is 2. The summed E-state index contributed by atoms with van der Waals surface area (Å²) in [7, 11) is 3.54. The van der Waals surface area contributed by atoms with E-state index in [0.29, 0.717) is 5.88 Å². The van der Waals surface area contributed by atoms with E-state index >= 15 is 0 Å². The van der Waals surface area contributed by atoms with Crippen LogP contribution in [0.5, 0.6) is 5.88 Å². The van der Waals surface area contributed by atoms with Crippen molar-refractivity contribution in [2.75, 3.05) is 19.5 Å². The van der Waals surface area contributed by atoms with Crippen LogP contribution in [0, 0.1) is 0 Å². The van der Waals surface area contributed by atoms with Gasteiger partial charge in [0.1, 0.15) is 5.65 Å². The molecule has 0 aliphatic rings. The number of ether oxygens (including phenoxy) is 1. The molecule has 0 aliphatic heterocycles. The van der Waals surface area contributed by atoms with Gasteiger partial charge in [-0.2, -0.15) is 0 Å². The molecular weight excluding hydrogens is 312 g/mol. The fourth-order valence-electron chi connectivity index (χ4n) is 2.94. The zero-order chi connectivity index (χ0) is 17.2. The van der Waals surface area contributed by atoms with Gasteiger partial charge in [-0.25, -0.2) is 9.97 Å². The first kappa shape index (κ1) is 15.2. The van der Waals surface area contributed by atoms with E-state index < -0.39 is 0 Å². The number of nitrogens with one attached hydrogen (secondary N) is 2. The molecule has 0 amide bonds. The van der Waals surface area contributed by atoms with Gasteiger partial charge in [0.25, 0.3) is 0 Å². The Morgan fingerprint density at radius 3 is 2.76 bits per heavy atom. The lowest BCUT2D eigenvalue weighted by Gasteiger charge is -2.06. The number of fused-ring (bicyclic) bond motifs is 1. The van der Waals surface area contributed by atoms with Gasteiger partial charge in [-0.05, 0) is 35.4 Å². The Hall–Kier alpha value is -3.34. The molecule has 0 saturated carbocycles. The summed E-state index contributed by atoms with van der Waals surface area (Å²) in [6.45, 7) is 0. The molecule has 0 aliphatic carbocycles. The number of methoxy groups -OCH3 is 1. The molecule has 124 valence electrons. The van der Waals surface area contributed by atoms with Crippen LogP contribution in [0.3, 0.4) is 0 Å². The van der Waals surface area contributed by atoms with E-state index in [0.717, 1.165) is 39.0 Å². The summed E-state index contributed by atoms with van der Waals surface area (Å²) < 4.78 is 5.24. The third kappa shape index (κ3) is 2.80. The number of pyridine rings is 2. The van der Waals surface area contributed by atoms with Crippen LogP contribution in [0.15, 0.2) is 61.1 Å². The number of anilines is 1. The van der Waals surface area contributed by atoms with Crippen molar-refractivity contribution >= 4 is 16.7 Å². The minimum absolute atomic E-state index is 0.595. The van der Waals surface area contributed by atoms with Crippen molar-refractivity contribution in [1.82, 2.24) is 15.0 Å². The normalized spacial score (nSPS) is 10.8. The lowest BCUT2D eigenvalue weighted by Crippen LogP contribution is -1.89. The Kier molecular flexibility index (Phi) is 3.82. The van der Waals surface area contributed by atoms with E-state index in [1.54, 1.807) is 13.3 Å². The van der Waals surface area contributed by atoms with Crippen molar-refractivity contribution < 1.29 is 4.74 Å². The topological polar surface area (TPSA) is 62.8 Å². The van der Waals surface area contributed by atoms with Crippen molar-refractivity contribution in [2.24, 2.45) is 0 Å². The van der Waals surface area contributed by atoms with Gasteiger partial charge in [-0.1, -0.05) is 12.1 Å². The zero-order valence-electron chi connectivity index (χ0n) is 14.1. The fourth-order valence-corrected chi connectivity index (χ4v) is 2.94. The summed E-state index contributed by atoms with van der Waals surface area (Å²) in [5.74, 6) is 0.595. The van der Waals surface area contributed by atoms with E-state index in [1.165, 1.54) is 0 Å². The van der Waals surface area contributed by atoms with Crippen LogP contribution in [-0.4, -0.2) is 29.1 Å². The number of aromatic amines is 1. The maximum atomic E-state index is 5.24. The average Bonchev–Trinajstić information content (AvgIpc) is 3.11. The van der Waals surface area contributed by atoms with Gasteiger partial charge in [0.15, 0.2) is 0 Å². The van der Waals surface area contributed by atoms with Crippen molar-refractivity contribution in [3.63, 3.8) is 0 Å². The highest BCUT2D eigenvalue weighted by molar-refractivity contribution is 5.96. The second kappa shape index (κ2) is 6.28. The van der Waals surface area contributed by atoms with Crippen LogP contribution >= 0.6 is 0 Å². The molecule has 5 nitrogen and oxygen atoms in total. The highest BCUT2D eigenvalue weighted by Gasteiger charge is 2.10. The molecule has 0 saturated heterocycles. The minimum atomic E-state index is 0.595. The maximum absolute atomic E-state index is 5.24. The molecule has 0 bridgehead atoms. The molecule has 4 rings (SSSR count). The molecule has 2 N–H and O–H groups in total. The van der Waals surface area contributed by atoms with Crippen LogP contribution in [0.2, 0.25) is 0 Å². The second-order valence-electron chi connectivity index (χ2n) is 5.74. The summed E-state index contributed by atoms with van der Waals surface area (Å²) in [4.78, 5) is 12.0. The highest BCUT2D eigenvalue weighted by atomic mass is 16.5. The van der Waals surface area contributed by atoms with Gasteiger partial charge in [0.05, 0.1) is 7.11 Å². The van der Waals surface area contributed by atoms with E-state index in [9.17, 15) is 0 Å². The maximum Gasteiger partial charge on any atom is 0.213 e. The Labute approximate surface area is 145 Å². The highest BCUT2D eigenvalue weighted by Crippen LogP contribution is 2.32. The molecule has 4 aromatic rings. The lowest BCUT2D eigenvalue weighted by atomic mass is 10.0. The third-order valence-electron chi connectivity index (χ3n) is 4.27. The molecule has 3 heterocycles. The molecule has 1 aromatic carbocycles. The third-order valence-corrected chi connectivity index (χ3v) is 4.27. The van der Waals surface area contributed by atoms with Gasteiger partial charge < -0.3 is 15.0 Å². The van der Waals surface area contributed by atoms with E-state index in [2.05, 4.69) is 38.5 Å². The minimum Gasteiger partial charge on any atom is -0.481 e. The fraction of sp³-hybridized carbons (Fsp3) is 0.100. The van der Waals surface area contributed by atoms with Crippen molar-refractivity contribution in [1.29, 1.82) is 0 Å². The predicted octanol–water partition coefficient (Wildman–Crippen LogP) is 4.34. The number of rotatable bonds is 4. The van der Waals surface area contributed by atoms with Crippen molar-refractivity contribution in [3.05, 3.63) is 61.1 Å². The molecule has 0 radical (unpaired) electrons. The first-order valence-corrected chi connectivity index (χ1v) is 8.04. The van der Waals surface area contributed by atoms with Gasteiger partial charge in [0.2, 0.25) is 5.88 Å². The summed E-state index contributed by atoms with van der Waals surface area (Å²) >= 11 is 0. The quantitative estimate of drug-likeness (QED) is 0.584. The first-order chi connectivity index (χ1) is 12.3. The molecular formula is C20H18N4O. The van der Waals surface area contributed by atoms with Crippen LogP contribution in [0.4, 0.5) is 5.69 Å². The largest absolute Gasteiger partial charge is 0.481 e. The molecule has 0 spiro atoms. The average molecular weight is 330 g/mol. The van der Waals surface area contributed by atoms with Crippen LogP contribution in [-0.2, 0) is 0 Å². The smallest absolute Gasteiger partial charge is 0.213 e. The molecule has 0 unspecified atom stereocenters. The first-order valence-electron chi connectivity index (χ1n) is 8.04. The summed E-state index contributed by atoms with van der Waals surface area (Å²) in [5.41, 5.74) is 6.26. The number of H-pyrrole nitrogens is 1. The lowest BCUT2D eigenvalue weighted by molar-refractivity contribution is 0.398. The molecule has 0 atom stereocenters. The van der Waals surface area contributed by atoms with Crippen LogP contribution in [0.25, 0.3) is 33.3 Å². The monoisotopic (exact) mass is 330 g/mol.